The van der Waals surface area contributed by atoms with Crippen LogP contribution in [0.25, 0.3) is 16.6 Å². The van der Waals surface area contributed by atoms with Crippen LogP contribution >= 0.6 is 11.8 Å². The van der Waals surface area contributed by atoms with Crippen molar-refractivity contribution in [3.8, 4) is 5.69 Å². The Labute approximate surface area is 174 Å². The quantitative estimate of drug-likeness (QED) is 0.490. The molecule has 1 heterocycles. The fraction of sp³-hybridized carbons (Fsp3) is 0.348. The van der Waals surface area contributed by atoms with Gasteiger partial charge in [-0.3, -0.25) is 14.2 Å². The highest BCUT2D eigenvalue weighted by atomic mass is 32.2. The van der Waals surface area contributed by atoms with Crippen LogP contribution in [0.1, 0.15) is 45.1 Å². The molecule has 1 aliphatic carbocycles. The number of thioether (sulfide) groups is 1. The molecule has 3 aromatic rings. The second kappa shape index (κ2) is 8.03. The van der Waals surface area contributed by atoms with Crippen molar-refractivity contribution in [1.29, 1.82) is 0 Å². The second-order valence-electron chi connectivity index (χ2n) is 7.81. The number of rotatable bonds is 6. The monoisotopic (exact) mass is 407 g/mol. The van der Waals surface area contributed by atoms with E-state index in [1.54, 1.807) is 10.6 Å². The second-order valence-corrected chi connectivity index (χ2v) is 9.12. The third kappa shape index (κ3) is 4.08. The summed E-state index contributed by atoms with van der Waals surface area (Å²) >= 11 is 1.33. The molecule has 5 nitrogen and oxygen atoms in total. The van der Waals surface area contributed by atoms with Gasteiger partial charge in [0.05, 0.1) is 21.8 Å². The lowest BCUT2D eigenvalue weighted by Gasteiger charge is -2.19. The number of para-hydroxylation sites is 2. The minimum atomic E-state index is -0.346. The minimum Gasteiger partial charge on any atom is -0.352 e. The number of hydrogen-bond acceptors (Lipinski definition) is 4. The van der Waals surface area contributed by atoms with E-state index in [1.165, 1.54) is 11.8 Å². The van der Waals surface area contributed by atoms with Crippen molar-refractivity contribution in [3.05, 3.63) is 64.4 Å². The van der Waals surface area contributed by atoms with Crippen LogP contribution in [-0.2, 0) is 4.79 Å². The third-order valence-corrected chi connectivity index (χ3v) is 6.17. The molecule has 1 aliphatic rings. The summed E-state index contributed by atoms with van der Waals surface area (Å²) in [4.78, 5) is 30.8. The number of aromatic nitrogens is 2. The van der Waals surface area contributed by atoms with Gasteiger partial charge < -0.3 is 5.32 Å². The molecule has 0 spiro atoms. The summed E-state index contributed by atoms with van der Waals surface area (Å²) in [5, 5.41) is 3.81. The first-order valence-electron chi connectivity index (χ1n) is 10.0. The normalized spacial score (nSPS) is 14.9. The van der Waals surface area contributed by atoms with Crippen LogP contribution in [0.15, 0.2) is 58.5 Å². The first-order valence-corrected chi connectivity index (χ1v) is 10.9. The van der Waals surface area contributed by atoms with Crippen LogP contribution in [0.2, 0.25) is 0 Å². The summed E-state index contributed by atoms with van der Waals surface area (Å²) in [6.07, 6.45) is 2.09. The fourth-order valence-electron chi connectivity index (χ4n) is 3.34. The van der Waals surface area contributed by atoms with E-state index in [4.69, 9.17) is 4.98 Å². The first-order chi connectivity index (χ1) is 14.0. The van der Waals surface area contributed by atoms with Gasteiger partial charge in [-0.15, -0.1) is 0 Å². The Morgan fingerprint density at radius 2 is 1.79 bits per heavy atom. The zero-order valence-electron chi connectivity index (χ0n) is 16.9. The van der Waals surface area contributed by atoms with Gasteiger partial charge in [-0.05, 0) is 49.4 Å². The standard InChI is InChI=1S/C23H25N3O2S/c1-14(2)17-8-5-7-11-20(17)26-22(28)18-9-4-6-10-19(18)25-23(26)29-15(3)21(27)24-16-12-13-16/h4-11,14-16H,12-13H2,1-3H3,(H,24,27)/t15-/m1/s1. The Kier molecular flexibility index (Phi) is 5.46. The Hall–Kier alpha value is -2.60. The molecule has 6 heteroatoms. The molecule has 4 rings (SSSR count). The van der Waals surface area contributed by atoms with Crippen molar-refractivity contribution < 1.29 is 4.79 Å². The average molecular weight is 408 g/mol. The maximum absolute atomic E-state index is 13.5. The minimum absolute atomic E-state index is 0.0106. The molecule has 0 unspecified atom stereocenters. The molecule has 1 amide bonds. The molecule has 0 radical (unpaired) electrons. The fourth-order valence-corrected chi connectivity index (χ4v) is 4.27. The predicted octanol–water partition coefficient (Wildman–Crippen LogP) is 4.27. The van der Waals surface area contributed by atoms with E-state index in [0.29, 0.717) is 22.1 Å². The Morgan fingerprint density at radius 1 is 1.10 bits per heavy atom. The summed E-state index contributed by atoms with van der Waals surface area (Å²) < 4.78 is 1.67. The first kappa shape index (κ1) is 19.7. The highest BCUT2D eigenvalue weighted by molar-refractivity contribution is 8.00. The summed E-state index contributed by atoms with van der Waals surface area (Å²) in [6.45, 7) is 6.08. The van der Waals surface area contributed by atoms with E-state index in [0.717, 1.165) is 24.1 Å². The van der Waals surface area contributed by atoms with E-state index in [2.05, 4.69) is 19.2 Å². The topological polar surface area (TPSA) is 64.0 Å². The Bertz CT molecular complexity index is 1120. The lowest BCUT2D eigenvalue weighted by atomic mass is 10.0. The molecule has 0 aliphatic heterocycles. The predicted molar refractivity (Wildman–Crippen MR) is 118 cm³/mol. The van der Waals surface area contributed by atoms with Crippen LogP contribution in [0.3, 0.4) is 0 Å². The lowest BCUT2D eigenvalue weighted by Crippen LogP contribution is -2.33. The summed E-state index contributed by atoms with van der Waals surface area (Å²) in [6, 6.07) is 15.6. The van der Waals surface area contributed by atoms with Gasteiger partial charge in [-0.2, -0.15) is 0 Å². The van der Waals surface area contributed by atoms with Crippen LogP contribution in [-0.4, -0.2) is 26.8 Å². The lowest BCUT2D eigenvalue weighted by molar-refractivity contribution is -0.120. The number of nitrogens with zero attached hydrogens (tertiary/aromatic N) is 2. The summed E-state index contributed by atoms with van der Waals surface area (Å²) in [5.41, 5.74) is 2.43. The zero-order chi connectivity index (χ0) is 20.5. The molecular formula is C23H25N3O2S. The smallest absolute Gasteiger partial charge is 0.266 e. The van der Waals surface area contributed by atoms with Gasteiger partial charge in [0, 0.05) is 6.04 Å². The van der Waals surface area contributed by atoms with Crippen LogP contribution in [0.5, 0.6) is 0 Å². The largest absolute Gasteiger partial charge is 0.352 e. The van der Waals surface area contributed by atoms with Gasteiger partial charge in [-0.25, -0.2) is 4.98 Å². The van der Waals surface area contributed by atoms with Crippen molar-refractivity contribution >= 4 is 28.6 Å². The molecule has 1 aromatic heterocycles. The van der Waals surface area contributed by atoms with Gasteiger partial charge in [0.1, 0.15) is 0 Å². The van der Waals surface area contributed by atoms with Gasteiger partial charge in [-0.1, -0.05) is 55.9 Å². The van der Waals surface area contributed by atoms with Gasteiger partial charge in [0.2, 0.25) is 5.91 Å². The molecule has 1 saturated carbocycles. The summed E-state index contributed by atoms with van der Waals surface area (Å²) in [5.74, 6) is 0.238. The zero-order valence-corrected chi connectivity index (χ0v) is 17.7. The molecule has 0 bridgehead atoms. The number of fused-ring (bicyclic) bond motifs is 1. The maximum atomic E-state index is 13.5. The van der Waals surface area contributed by atoms with Crippen molar-refractivity contribution in [2.45, 2.75) is 56.0 Å². The van der Waals surface area contributed by atoms with Crippen LogP contribution < -0.4 is 10.9 Å². The van der Waals surface area contributed by atoms with Crippen LogP contribution in [0.4, 0.5) is 0 Å². The molecule has 2 aromatic carbocycles. The highest BCUT2D eigenvalue weighted by Crippen LogP contribution is 2.29. The third-order valence-electron chi connectivity index (χ3n) is 5.12. The van der Waals surface area contributed by atoms with E-state index in [9.17, 15) is 9.59 Å². The SMILES string of the molecule is CC(C)c1ccccc1-n1c(S[C@H](C)C(=O)NC2CC2)nc2ccccc2c1=O. The number of nitrogens with one attached hydrogen (secondary N) is 1. The van der Waals surface area contributed by atoms with Crippen molar-refractivity contribution in [3.63, 3.8) is 0 Å². The summed E-state index contributed by atoms with van der Waals surface area (Å²) in [7, 11) is 0. The van der Waals surface area contributed by atoms with Crippen molar-refractivity contribution in [1.82, 2.24) is 14.9 Å². The molecule has 29 heavy (non-hydrogen) atoms. The van der Waals surface area contributed by atoms with E-state index in [1.807, 2.05) is 49.4 Å². The van der Waals surface area contributed by atoms with E-state index in [-0.39, 0.29) is 22.6 Å². The highest BCUT2D eigenvalue weighted by Gasteiger charge is 2.27. The van der Waals surface area contributed by atoms with Gasteiger partial charge >= 0.3 is 0 Å². The molecular weight excluding hydrogens is 382 g/mol. The molecule has 1 fully saturated rings. The Morgan fingerprint density at radius 3 is 2.52 bits per heavy atom. The van der Waals surface area contributed by atoms with Gasteiger partial charge in [0.25, 0.3) is 5.56 Å². The maximum Gasteiger partial charge on any atom is 0.266 e. The molecule has 0 saturated heterocycles. The molecule has 150 valence electrons. The number of carbonyl (C=O) groups is 1. The Balaban J connectivity index is 1.85. The van der Waals surface area contributed by atoms with Gasteiger partial charge in [0.15, 0.2) is 5.16 Å². The number of hydrogen-bond donors (Lipinski definition) is 1. The van der Waals surface area contributed by atoms with E-state index >= 15 is 0 Å². The van der Waals surface area contributed by atoms with Crippen LogP contribution in [0, 0.1) is 0 Å². The molecule has 1 atom stereocenters. The molecule has 1 N–H and O–H groups in total. The number of carbonyl (C=O) groups excluding carboxylic acids is 1. The number of benzene rings is 2. The van der Waals surface area contributed by atoms with Crippen molar-refractivity contribution in [2.75, 3.05) is 0 Å². The van der Waals surface area contributed by atoms with Crippen molar-refractivity contribution in [2.24, 2.45) is 0 Å². The van der Waals surface area contributed by atoms with E-state index < -0.39 is 0 Å². The number of amides is 1. The average Bonchev–Trinajstić information content (AvgIpc) is 3.52.